The number of carbonyl (C=O) groups is 1. The van der Waals surface area contributed by atoms with Gasteiger partial charge in [0.1, 0.15) is 0 Å². The zero-order valence-corrected chi connectivity index (χ0v) is 14.5. The summed E-state index contributed by atoms with van der Waals surface area (Å²) in [5.41, 5.74) is 2.74. The van der Waals surface area contributed by atoms with Crippen LogP contribution in [0.4, 0.5) is 11.4 Å². The van der Waals surface area contributed by atoms with E-state index in [-0.39, 0.29) is 5.91 Å². The van der Waals surface area contributed by atoms with Crippen molar-refractivity contribution in [1.82, 2.24) is 0 Å². The van der Waals surface area contributed by atoms with Crippen LogP contribution in [0.25, 0.3) is 0 Å². The van der Waals surface area contributed by atoms with Crippen LogP contribution in [-0.2, 0) is 0 Å². The largest absolute Gasteiger partial charge is 0.387 e. The quantitative estimate of drug-likeness (QED) is 0.744. The van der Waals surface area contributed by atoms with Gasteiger partial charge in [0.2, 0.25) is 0 Å². The lowest BCUT2D eigenvalue weighted by molar-refractivity contribution is 0.102. The number of anilines is 2. The van der Waals surface area contributed by atoms with Gasteiger partial charge in [-0.15, -0.1) is 0 Å². The number of aryl methyl sites for hydroxylation is 1. The molecular formula is C15H13BrCl2N2O. The van der Waals surface area contributed by atoms with Crippen molar-refractivity contribution >= 4 is 56.4 Å². The Morgan fingerprint density at radius 2 is 1.76 bits per heavy atom. The van der Waals surface area contributed by atoms with Crippen LogP contribution in [-0.4, -0.2) is 13.0 Å². The zero-order valence-electron chi connectivity index (χ0n) is 11.4. The summed E-state index contributed by atoms with van der Waals surface area (Å²) in [6.07, 6.45) is 0. The predicted molar refractivity (Wildman–Crippen MR) is 92.8 cm³/mol. The predicted octanol–water partition coefficient (Wildman–Crippen LogP) is 5.36. The Morgan fingerprint density at radius 3 is 2.33 bits per heavy atom. The van der Waals surface area contributed by atoms with Gasteiger partial charge < -0.3 is 10.6 Å². The molecule has 1 amide bonds. The van der Waals surface area contributed by atoms with Crippen LogP contribution < -0.4 is 10.6 Å². The number of halogens is 3. The normalized spacial score (nSPS) is 10.3. The van der Waals surface area contributed by atoms with Crippen LogP contribution in [0, 0.1) is 6.92 Å². The highest BCUT2D eigenvalue weighted by Gasteiger charge is 2.15. The van der Waals surface area contributed by atoms with Crippen molar-refractivity contribution in [3.8, 4) is 0 Å². The van der Waals surface area contributed by atoms with Crippen LogP contribution in [0.5, 0.6) is 0 Å². The smallest absolute Gasteiger partial charge is 0.257 e. The Kier molecular flexibility index (Phi) is 5.14. The maximum absolute atomic E-state index is 12.4. The molecule has 0 aliphatic heterocycles. The number of nitrogens with one attached hydrogen (secondary N) is 2. The Labute approximate surface area is 141 Å². The Hall–Kier alpha value is -1.23. The van der Waals surface area contributed by atoms with Crippen LogP contribution in [0.2, 0.25) is 10.0 Å². The number of hydrogen-bond acceptors (Lipinski definition) is 2. The monoisotopic (exact) mass is 386 g/mol. The second-order valence-corrected chi connectivity index (χ2v) is 6.23. The number of hydrogen-bond donors (Lipinski definition) is 2. The van der Waals surface area contributed by atoms with E-state index in [2.05, 4.69) is 26.6 Å². The molecule has 0 aliphatic rings. The van der Waals surface area contributed by atoms with Gasteiger partial charge in [-0.05, 0) is 36.8 Å². The van der Waals surface area contributed by atoms with E-state index in [9.17, 15) is 4.79 Å². The minimum absolute atomic E-state index is 0.273. The van der Waals surface area contributed by atoms with Crippen molar-refractivity contribution in [2.24, 2.45) is 0 Å². The van der Waals surface area contributed by atoms with Gasteiger partial charge >= 0.3 is 0 Å². The number of carbonyl (C=O) groups excluding carboxylic acids is 1. The molecule has 0 fully saturated rings. The fourth-order valence-corrected chi connectivity index (χ4v) is 3.21. The van der Waals surface area contributed by atoms with Crippen molar-refractivity contribution in [2.45, 2.75) is 6.92 Å². The first kappa shape index (κ1) is 16.1. The summed E-state index contributed by atoms with van der Waals surface area (Å²) in [6.45, 7) is 1.96. The second kappa shape index (κ2) is 6.69. The van der Waals surface area contributed by atoms with Crippen LogP contribution in [0.1, 0.15) is 15.9 Å². The fraction of sp³-hybridized carbons (Fsp3) is 0.133. The van der Waals surface area contributed by atoms with Gasteiger partial charge in [0.15, 0.2) is 0 Å². The summed E-state index contributed by atoms with van der Waals surface area (Å²) in [5.74, 6) is -0.273. The SMILES string of the molecule is CNc1cc(C)ccc1C(=O)Nc1c(Cl)cc(Br)cc1Cl. The van der Waals surface area contributed by atoms with Gasteiger partial charge in [0.05, 0.1) is 21.3 Å². The topological polar surface area (TPSA) is 41.1 Å². The molecule has 0 saturated heterocycles. The van der Waals surface area contributed by atoms with Crippen molar-refractivity contribution in [3.05, 3.63) is 56.0 Å². The van der Waals surface area contributed by atoms with E-state index >= 15 is 0 Å². The average molecular weight is 388 g/mol. The molecule has 2 aromatic carbocycles. The summed E-state index contributed by atoms with van der Waals surface area (Å²) in [5, 5.41) is 6.51. The van der Waals surface area contributed by atoms with E-state index in [0.29, 0.717) is 21.3 Å². The maximum atomic E-state index is 12.4. The van der Waals surface area contributed by atoms with Crippen LogP contribution in [0.3, 0.4) is 0 Å². The van der Waals surface area contributed by atoms with Crippen molar-refractivity contribution in [3.63, 3.8) is 0 Å². The van der Waals surface area contributed by atoms with E-state index in [1.807, 2.05) is 19.1 Å². The molecule has 0 radical (unpaired) electrons. The van der Waals surface area contributed by atoms with Gasteiger partial charge in [-0.25, -0.2) is 0 Å². The number of amides is 1. The van der Waals surface area contributed by atoms with Crippen molar-refractivity contribution in [1.29, 1.82) is 0 Å². The van der Waals surface area contributed by atoms with E-state index in [0.717, 1.165) is 15.7 Å². The van der Waals surface area contributed by atoms with E-state index < -0.39 is 0 Å². The Morgan fingerprint density at radius 1 is 1.14 bits per heavy atom. The minimum Gasteiger partial charge on any atom is -0.387 e. The highest BCUT2D eigenvalue weighted by molar-refractivity contribution is 9.10. The molecule has 2 aromatic rings. The molecule has 0 heterocycles. The highest BCUT2D eigenvalue weighted by Crippen LogP contribution is 2.34. The molecule has 0 bridgehead atoms. The standard InChI is InChI=1S/C15H13BrCl2N2O/c1-8-3-4-10(13(5-8)19-2)15(21)20-14-11(17)6-9(16)7-12(14)18/h3-7,19H,1-2H3,(H,20,21). The molecule has 2 rings (SSSR count). The summed E-state index contributed by atoms with van der Waals surface area (Å²) in [7, 11) is 1.77. The molecule has 0 aromatic heterocycles. The zero-order chi connectivity index (χ0) is 15.6. The van der Waals surface area contributed by atoms with Crippen LogP contribution >= 0.6 is 39.1 Å². The molecular weight excluding hydrogens is 375 g/mol. The van der Waals surface area contributed by atoms with E-state index in [1.54, 1.807) is 25.2 Å². The van der Waals surface area contributed by atoms with Gasteiger partial charge in [-0.3, -0.25) is 4.79 Å². The second-order valence-electron chi connectivity index (χ2n) is 4.50. The van der Waals surface area contributed by atoms with Crippen molar-refractivity contribution in [2.75, 3.05) is 17.7 Å². The molecule has 21 heavy (non-hydrogen) atoms. The summed E-state index contributed by atoms with van der Waals surface area (Å²) in [4.78, 5) is 12.4. The summed E-state index contributed by atoms with van der Waals surface area (Å²) in [6, 6.07) is 8.89. The molecule has 0 aliphatic carbocycles. The van der Waals surface area contributed by atoms with Crippen LogP contribution in [0.15, 0.2) is 34.8 Å². The van der Waals surface area contributed by atoms with Gasteiger partial charge in [-0.1, -0.05) is 45.2 Å². The van der Waals surface area contributed by atoms with Gasteiger partial charge in [0.25, 0.3) is 5.91 Å². The Balaban J connectivity index is 2.35. The first-order valence-electron chi connectivity index (χ1n) is 6.16. The van der Waals surface area contributed by atoms with Gasteiger partial charge in [-0.2, -0.15) is 0 Å². The lowest BCUT2D eigenvalue weighted by Gasteiger charge is -2.13. The molecule has 0 unspecified atom stereocenters. The van der Waals surface area contributed by atoms with E-state index in [1.165, 1.54) is 0 Å². The average Bonchev–Trinajstić information content (AvgIpc) is 2.42. The molecule has 0 saturated carbocycles. The number of benzene rings is 2. The third kappa shape index (κ3) is 3.70. The first-order valence-corrected chi connectivity index (χ1v) is 7.71. The third-order valence-corrected chi connectivity index (χ3v) is 3.99. The highest BCUT2D eigenvalue weighted by atomic mass is 79.9. The Bertz CT molecular complexity index is 681. The maximum Gasteiger partial charge on any atom is 0.257 e. The lowest BCUT2D eigenvalue weighted by Crippen LogP contribution is -2.14. The molecule has 6 heteroatoms. The minimum atomic E-state index is -0.273. The van der Waals surface area contributed by atoms with Gasteiger partial charge in [0, 0.05) is 17.2 Å². The number of rotatable bonds is 3. The summed E-state index contributed by atoms with van der Waals surface area (Å²) >= 11 is 15.5. The first-order chi connectivity index (χ1) is 9.92. The van der Waals surface area contributed by atoms with Crippen molar-refractivity contribution < 1.29 is 4.79 Å². The molecule has 0 atom stereocenters. The fourth-order valence-electron chi connectivity index (χ4n) is 1.91. The molecule has 0 spiro atoms. The summed E-state index contributed by atoms with van der Waals surface area (Å²) < 4.78 is 0.752. The molecule has 3 nitrogen and oxygen atoms in total. The molecule has 110 valence electrons. The lowest BCUT2D eigenvalue weighted by atomic mass is 10.1. The third-order valence-electron chi connectivity index (χ3n) is 2.93. The van der Waals surface area contributed by atoms with E-state index in [4.69, 9.17) is 23.2 Å². The molecule has 2 N–H and O–H groups in total.